The van der Waals surface area contributed by atoms with Crippen LogP contribution in [0.5, 0.6) is 5.75 Å². The Kier molecular flexibility index (Phi) is 5.95. The number of halogens is 1. The quantitative estimate of drug-likeness (QED) is 0.507. The summed E-state index contributed by atoms with van der Waals surface area (Å²) in [6, 6.07) is 7.26. The molecule has 0 spiro atoms. The molecule has 1 aliphatic rings. The van der Waals surface area contributed by atoms with Gasteiger partial charge >= 0.3 is 0 Å². The van der Waals surface area contributed by atoms with E-state index in [1.54, 1.807) is 13.0 Å². The number of rotatable bonds is 5. The molecule has 1 aliphatic heterocycles. The number of nitrogens with one attached hydrogen (secondary N) is 3. The highest BCUT2D eigenvalue weighted by atomic mass is 79.9. The second-order valence-corrected chi connectivity index (χ2v) is 9.65. The van der Waals surface area contributed by atoms with Gasteiger partial charge in [-0.25, -0.2) is 17.3 Å². The molecule has 144 valence electrons. The molecule has 2 aromatic rings. The third-order valence-corrected chi connectivity index (χ3v) is 7.68. The molecule has 1 unspecified atom stereocenters. The fourth-order valence-corrected chi connectivity index (χ4v) is 5.44. The average molecular weight is 492 g/mol. The maximum Gasteiger partial charge on any atom is 0.269 e. The Morgan fingerprint density at radius 3 is 2.44 bits per heavy atom. The highest BCUT2D eigenvalue weighted by Gasteiger charge is 2.26. The average Bonchev–Trinajstić information content (AvgIpc) is 3.13. The van der Waals surface area contributed by atoms with Crippen molar-refractivity contribution in [3.63, 3.8) is 0 Å². The topological polar surface area (TPSA) is 132 Å². The zero-order valence-electron chi connectivity index (χ0n) is 13.8. The molecule has 1 aromatic heterocycles. The van der Waals surface area contributed by atoms with E-state index in [0.29, 0.717) is 5.69 Å². The lowest BCUT2D eigenvalue weighted by Crippen LogP contribution is -2.27. The summed E-state index contributed by atoms with van der Waals surface area (Å²) in [7, 11) is -3.81. The Hall–Kier alpha value is -1.80. The predicted molar refractivity (Wildman–Crippen MR) is 111 cm³/mol. The SMILES string of the molecule is CCNS(=O)(=O)c1scc(NC2=NS(=O)N=C2Nc2ccccc2Br)c1O. The molecule has 9 nitrogen and oxygen atoms in total. The van der Waals surface area contributed by atoms with Gasteiger partial charge in [-0.1, -0.05) is 19.1 Å². The number of anilines is 2. The van der Waals surface area contributed by atoms with E-state index in [1.165, 1.54) is 5.38 Å². The molecule has 0 bridgehead atoms. The van der Waals surface area contributed by atoms with E-state index >= 15 is 0 Å². The predicted octanol–water partition coefficient (Wildman–Crippen LogP) is 2.43. The first-order valence-corrected chi connectivity index (χ1v) is 11.7. The van der Waals surface area contributed by atoms with Crippen LogP contribution in [0.4, 0.5) is 11.4 Å². The second kappa shape index (κ2) is 8.06. The molecule has 0 fully saturated rings. The van der Waals surface area contributed by atoms with E-state index in [4.69, 9.17) is 0 Å². The van der Waals surface area contributed by atoms with Gasteiger partial charge in [0.2, 0.25) is 0 Å². The minimum Gasteiger partial charge on any atom is -0.504 e. The lowest BCUT2D eigenvalue weighted by atomic mass is 10.3. The summed E-state index contributed by atoms with van der Waals surface area (Å²) in [5, 5.41) is 17.5. The van der Waals surface area contributed by atoms with Gasteiger partial charge in [0.05, 0.1) is 11.4 Å². The van der Waals surface area contributed by atoms with Crippen LogP contribution in [0.15, 0.2) is 47.1 Å². The van der Waals surface area contributed by atoms with Crippen LogP contribution in [0.25, 0.3) is 0 Å². The number of amidine groups is 2. The summed E-state index contributed by atoms with van der Waals surface area (Å²) in [5.41, 5.74) is 0.797. The Morgan fingerprint density at radius 2 is 1.81 bits per heavy atom. The Labute approximate surface area is 170 Å². The van der Waals surface area contributed by atoms with E-state index in [9.17, 15) is 17.7 Å². The molecule has 1 aromatic carbocycles. The first-order valence-electron chi connectivity index (χ1n) is 7.50. The van der Waals surface area contributed by atoms with Crippen LogP contribution >= 0.6 is 27.3 Å². The molecule has 0 saturated heterocycles. The van der Waals surface area contributed by atoms with Crippen molar-refractivity contribution in [1.29, 1.82) is 0 Å². The van der Waals surface area contributed by atoms with Crippen molar-refractivity contribution in [1.82, 2.24) is 4.72 Å². The maximum absolute atomic E-state index is 12.1. The number of hydrogen-bond donors (Lipinski definition) is 4. The molecule has 2 heterocycles. The van der Waals surface area contributed by atoms with Crippen molar-refractivity contribution in [3.8, 4) is 5.75 Å². The van der Waals surface area contributed by atoms with E-state index < -0.39 is 26.9 Å². The molecule has 0 aliphatic carbocycles. The van der Waals surface area contributed by atoms with E-state index in [0.717, 1.165) is 15.8 Å². The van der Waals surface area contributed by atoms with Gasteiger partial charge in [-0.15, -0.1) is 20.1 Å². The van der Waals surface area contributed by atoms with Crippen molar-refractivity contribution in [3.05, 3.63) is 34.1 Å². The lowest BCUT2D eigenvalue weighted by Gasteiger charge is -2.10. The third kappa shape index (κ3) is 4.38. The van der Waals surface area contributed by atoms with E-state index in [2.05, 4.69) is 40.1 Å². The van der Waals surface area contributed by atoms with Crippen molar-refractivity contribution in [2.24, 2.45) is 8.80 Å². The first-order chi connectivity index (χ1) is 12.8. The molecule has 27 heavy (non-hydrogen) atoms. The van der Waals surface area contributed by atoms with Crippen LogP contribution in [-0.2, 0) is 21.2 Å². The first kappa shape index (κ1) is 19.9. The zero-order valence-corrected chi connectivity index (χ0v) is 17.8. The number of thiophene rings is 1. The molecule has 4 N–H and O–H groups in total. The van der Waals surface area contributed by atoms with Gasteiger partial charge < -0.3 is 15.7 Å². The van der Waals surface area contributed by atoms with Crippen molar-refractivity contribution >= 4 is 71.5 Å². The minimum atomic E-state index is -3.81. The van der Waals surface area contributed by atoms with Crippen LogP contribution in [0.3, 0.4) is 0 Å². The summed E-state index contributed by atoms with van der Waals surface area (Å²) in [4.78, 5) is 0. The standard InChI is InChI=1S/C14H14BrN5O4S3/c1-2-16-27(23,24)14-11(21)10(7-25-14)18-13-12(19-26(22)20-13)17-9-6-4-3-5-8(9)15/h3-7,16,21H,2H2,1H3,(H,17,19)(H,18,20). The Morgan fingerprint density at radius 1 is 1.19 bits per heavy atom. The van der Waals surface area contributed by atoms with Crippen molar-refractivity contribution in [2.45, 2.75) is 11.1 Å². The van der Waals surface area contributed by atoms with Gasteiger partial charge in [0, 0.05) is 16.4 Å². The highest BCUT2D eigenvalue weighted by molar-refractivity contribution is 9.10. The largest absolute Gasteiger partial charge is 0.504 e. The van der Waals surface area contributed by atoms with Crippen molar-refractivity contribution < 1.29 is 17.7 Å². The molecule has 3 rings (SSSR count). The third-order valence-electron chi connectivity index (χ3n) is 3.25. The van der Waals surface area contributed by atoms with Gasteiger partial charge in [0.25, 0.3) is 21.2 Å². The summed E-state index contributed by atoms with van der Waals surface area (Å²) in [5.74, 6) is -0.131. The Balaban J connectivity index is 1.84. The lowest BCUT2D eigenvalue weighted by molar-refractivity contribution is 0.466. The molecule has 0 radical (unpaired) electrons. The van der Waals surface area contributed by atoms with Crippen LogP contribution in [-0.4, -0.2) is 35.9 Å². The fourth-order valence-electron chi connectivity index (χ4n) is 2.11. The van der Waals surface area contributed by atoms with Crippen LogP contribution in [0.1, 0.15) is 6.92 Å². The molecule has 13 heteroatoms. The van der Waals surface area contributed by atoms with Crippen LogP contribution in [0, 0.1) is 0 Å². The van der Waals surface area contributed by atoms with Crippen LogP contribution < -0.4 is 15.4 Å². The summed E-state index contributed by atoms with van der Waals surface area (Å²) in [6.45, 7) is 1.83. The molecule has 0 saturated carbocycles. The molecule has 0 amide bonds. The number of benzene rings is 1. The number of aromatic hydroxyl groups is 1. The number of para-hydroxylation sites is 1. The summed E-state index contributed by atoms with van der Waals surface area (Å²) < 4.78 is 46.5. The van der Waals surface area contributed by atoms with Gasteiger partial charge in [-0.3, -0.25) is 0 Å². The number of hydrogen-bond acceptors (Lipinski definition) is 7. The highest BCUT2D eigenvalue weighted by Crippen LogP contribution is 2.37. The molecule has 1 atom stereocenters. The number of sulfonamides is 1. The Bertz CT molecular complexity index is 1060. The normalized spacial score (nSPS) is 16.7. The second-order valence-electron chi connectivity index (χ2n) is 5.13. The minimum absolute atomic E-state index is 0.115. The van der Waals surface area contributed by atoms with Crippen LogP contribution in [0.2, 0.25) is 0 Å². The van der Waals surface area contributed by atoms with Gasteiger partial charge in [0.1, 0.15) is 0 Å². The summed E-state index contributed by atoms with van der Waals surface area (Å²) in [6.07, 6.45) is 0. The molecular weight excluding hydrogens is 478 g/mol. The maximum atomic E-state index is 12.1. The summed E-state index contributed by atoms with van der Waals surface area (Å²) >= 11 is 2.41. The van der Waals surface area contributed by atoms with Gasteiger partial charge in [-0.2, -0.15) is 0 Å². The van der Waals surface area contributed by atoms with Gasteiger partial charge in [0.15, 0.2) is 21.6 Å². The molecular formula is C14H14BrN5O4S3. The van der Waals surface area contributed by atoms with Crippen molar-refractivity contribution in [2.75, 3.05) is 17.2 Å². The van der Waals surface area contributed by atoms with Gasteiger partial charge in [-0.05, 0) is 28.1 Å². The van der Waals surface area contributed by atoms with E-state index in [-0.39, 0.29) is 28.1 Å². The smallest absolute Gasteiger partial charge is 0.269 e. The number of nitrogens with zero attached hydrogens (tertiary/aromatic N) is 2. The monoisotopic (exact) mass is 491 g/mol. The zero-order chi connectivity index (χ0) is 19.6. The van der Waals surface area contributed by atoms with E-state index in [1.807, 2.05) is 18.2 Å². The fraction of sp³-hybridized carbons (Fsp3) is 0.143.